The second-order valence-electron chi connectivity index (χ2n) is 6.26. The normalized spacial score (nSPS) is 24.1. The third kappa shape index (κ3) is 3.02. The van der Waals surface area contributed by atoms with E-state index in [0.29, 0.717) is 11.4 Å². The molecular weight excluding hydrogens is 340 g/mol. The van der Waals surface area contributed by atoms with E-state index in [1.165, 1.54) is 0 Å². The molecule has 1 saturated heterocycles. The highest BCUT2D eigenvalue weighted by Gasteiger charge is 2.40. The summed E-state index contributed by atoms with van der Waals surface area (Å²) in [5.41, 5.74) is 7.07. The lowest BCUT2D eigenvalue weighted by molar-refractivity contribution is -0.144. The van der Waals surface area contributed by atoms with Crippen LogP contribution in [0.25, 0.3) is 0 Å². The Morgan fingerprint density at radius 2 is 2.05 bits per heavy atom. The van der Waals surface area contributed by atoms with Crippen molar-refractivity contribution in [2.45, 2.75) is 51.2 Å². The molecule has 5 heteroatoms. The summed E-state index contributed by atoms with van der Waals surface area (Å²) in [5, 5.41) is 0.659. The first-order chi connectivity index (χ1) is 9.21. The summed E-state index contributed by atoms with van der Waals surface area (Å²) in [6, 6.07) is 5.59. The first-order valence-electron chi connectivity index (χ1n) is 6.74. The monoisotopic (exact) mass is 358 g/mol. The van der Waals surface area contributed by atoms with Gasteiger partial charge in [0.05, 0.1) is 11.1 Å². The van der Waals surface area contributed by atoms with Crippen LogP contribution in [0.4, 0.5) is 0 Å². The van der Waals surface area contributed by atoms with Crippen molar-refractivity contribution >= 4 is 33.4 Å². The quantitative estimate of drug-likeness (QED) is 0.827. The molecule has 0 spiro atoms. The van der Waals surface area contributed by atoms with Crippen LogP contribution in [0.1, 0.15) is 45.2 Å². The van der Waals surface area contributed by atoms with Gasteiger partial charge in [-0.2, -0.15) is 0 Å². The molecule has 1 aromatic carbocycles. The maximum atomic E-state index is 12.4. The molecule has 1 fully saturated rings. The maximum absolute atomic E-state index is 12.4. The SMILES string of the molecule is CC(C)(C)N1C(=O)CCC(N)C1c1ccc(Cl)c(Br)c1. The summed E-state index contributed by atoms with van der Waals surface area (Å²) >= 11 is 9.49. The second kappa shape index (κ2) is 5.66. The predicted molar refractivity (Wildman–Crippen MR) is 85.7 cm³/mol. The van der Waals surface area contributed by atoms with Crippen LogP contribution < -0.4 is 5.73 Å². The number of carbonyl (C=O) groups is 1. The molecule has 2 atom stereocenters. The van der Waals surface area contributed by atoms with Crippen molar-refractivity contribution in [2.75, 3.05) is 0 Å². The second-order valence-corrected chi connectivity index (χ2v) is 7.52. The number of benzene rings is 1. The smallest absolute Gasteiger partial charge is 0.223 e. The maximum Gasteiger partial charge on any atom is 0.223 e. The van der Waals surface area contributed by atoms with E-state index in [2.05, 4.69) is 15.9 Å². The molecule has 3 nitrogen and oxygen atoms in total. The number of piperidine rings is 1. The van der Waals surface area contributed by atoms with Gasteiger partial charge in [-0.3, -0.25) is 4.79 Å². The van der Waals surface area contributed by atoms with Gasteiger partial charge in [0.15, 0.2) is 0 Å². The zero-order valence-electron chi connectivity index (χ0n) is 12.0. The fourth-order valence-electron chi connectivity index (χ4n) is 2.80. The number of nitrogens with two attached hydrogens (primary N) is 1. The topological polar surface area (TPSA) is 46.3 Å². The summed E-state index contributed by atoms with van der Waals surface area (Å²) in [5.74, 6) is 0.162. The molecule has 1 aromatic rings. The highest BCUT2D eigenvalue weighted by molar-refractivity contribution is 9.10. The van der Waals surface area contributed by atoms with Gasteiger partial charge < -0.3 is 10.6 Å². The predicted octanol–water partition coefficient (Wildman–Crippen LogP) is 3.89. The molecule has 0 aliphatic carbocycles. The minimum Gasteiger partial charge on any atom is -0.329 e. The van der Waals surface area contributed by atoms with Gasteiger partial charge in [0.25, 0.3) is 0 Å². The first kappa shape index (κ1) is 15.8. The lowest BCUT2D eigenvalue weighted by Gasteiger charge is -2.47. The Morgan fingerprint density at radius 3 is 2.60 bits per heavy atom. The molecule has 2 rings (SSSR count). The number of nitrogens with zero attached hydrogens (tertiary/aromatic N) is 1. The van der Waals surface area contributed by atoms with Crippen molar-refractivity contribution in [2.24, 2.45) is 5.73 Å². The Morgan fingerprint density at radius 1 is 1.40 bits per heavy atom. The zero-order valence-corrected chi connectivity index (χ0v) is 14.3. The van der Waals surface area contributed by atoms with Crippen LogP contribution in [0.2, 0.25) is 5.02 Å². The molecular formula is C15H20BrClN2O. The van der Waals surface area contributed by atoms with Gasteiger partial charge in [0.2, 0.25) is 5.91 Å². The fourth-order valence-corrected chi connectivity index (χ4v) is 3.31. The number of likely N-dealkylation sites (tertiary alicyclic amines) is 1. The van der Waals surface area contributed by atoms with Crippen molar-refractivity contribution < 1.29 is 4.79 Å². The average Bonchev–Trinajstić information content (AvgIpc) is 2.34. The Bertz CT molecular complexity index is 527. The lowest BCUT2D eigenvalue weighted by atomic mass is 9.86. The van der Waals surface area contributed by atoms with Crippen molar-refractivity contribution in [1.29, 1.82) is 0 Å². The molecule has 0 radical (unpaired) electrons. The number of hydrogen-bond donors (Lipinski definition) is 1. The summed E-state index contributed by atoms with van der Waals surface area (Å²) in [6.07, 6.45) is 1.24. The molecule has 1 heterocycles. The molecule has 110 valence electrons. The van der Waals surface area contributed by atoms with Crippen LogP contribution in [0.15, 0.2) is 22.7 Å². The standard InChI is InChI=1S/C15H20BrClN2O/c1-15(2,3)19-13(20)7-6-12(18)14(19)9-4-5-11(17)10(16)8-9/h4-5,8,12,14H,6-7,18H2,1-3H3. The number of amides is 1. The van der Waals surface area contributed by atoms with Gasteiger partial charge in [-0.25, -0.2) is 0 Å². The van der Waals surface area contributed by atoms with Crippen LogP contribution in [0, 0.1) is 0 Å². The van der Waals surface area contributed by atoms with Crippen LogP contribution in [0.3, 0.4) is 0 Å². The Balaban J connectivity index is 2.47. The van der Waals surface area contributed by atoms with Gasteiger partial charge in [-0.1, -0.05) is 17.7 Å². The van der Waals surface area contributed by atoms with Gasteiger partial charge in [-0.15, -0.1) is 0 Å². The molecule has 1 amide bonds. The van der Waals surface area contributed by atoms with E-state index in [1.54, 1.807) is 0 Å². The summed E-state index contributed by atoms with van der Waals surface area (Å²) in [4.78, 5) is 14.3. The summed E-state index contributed by atoms with van der Waals surface area (Å²) < 4.78 is 0.829. The molecule has 1 aliphatic rings. The van der Waals surface area contributed by atoms with Gasteiger partial charge in [-0.05, 0) is 60.8 Å². The van der Waals surface area contributed by atoms with Crippen molar-refractivity contribution in [3.63, 3.8) is 0 Å². The Labute approximate surface area is 133 Å². The van der Waals surface area contributed by atoms with Crippen molar-refractivity contribution in [1.82, 2.24) is 4.90 Å². The summed E-state index contributed by atoms with van der Waals surface area (Å²) in [7, 11) is 0. The number of carbonyl (C=O) groups excluding carboxylic acids is 1. The molecule has 0 bridgehead atoms. The Hall–Kier alpha value is -0.580. The van der Waals surface area contributed by atoms with Gasteiger partial charge in [0, 0.05) is 22.5 Å². The highest BCUT2D eigenvalue weighted by atomic mass is 79.9. The van der Waals surface area contributed by atoms with Crippen molar-refractivity contribution in [3.8, 4) is 0 Å². The van der Waals surface area contributed by atoms with Crippen LogP contribution in [-0.4, -0.2) is 22.4 Å². The highest BCUT2D eigenvalue weighted by Crippen LogP contribution is 2.38. The van der Waals surface area contributed by atoms with E-state index < -0.39 is 0 Å². The van der Waals surface area contributed by atoms with E-state index in [0.717, 1.165) is 16.5 Å². The minimum absolute atomic E-state index is 0.0556. The lowest BCUT2D eigenvalue weighted by Crippen LogP contribution is -2.56. The van der Waals surface area contributed by atoms with E-state index in [4.69, 9.17) is 17.3 Å². The molecule has 0 saturated carbocycles. The average molecular weight is 360 g/mol. The van der Waals surface area contributed by atoms with E-state index in [1.807, 2.05) is 43.9 Å². The third-order valence-electron chi connectivity index (χ3n) is 3.65. The largest absolute Gasteiger partial charge is 0.329 e. The van der Waals surface area contributed by atoms with Gasteiger partial charge in [0.1, 0.15) is 0 Å². The van der Waals surface area contributed by atoms with Crippen LogP contribution in [-0.2, 0) is 4.79 Å². The van der Waals surface area contributed by atoms with E-state index >= 15 is 0 Å². The van der Waals surface area contributed by atoms with Gasteiger partial charge >= 0.3 is 0 Å². The number of halogens is 2. The van der Waals surface area contributed by atoms with Crippen molar-refractivity contribution in [3.05, 3.63) is 33.3 Å². The number of rotatable bonds is 1. The van der Waals surface area contributed by atoms with E-state index in [9.17, 15) is 4.79 Å². The fraction of sp³-hybridized carbons (Fsp3) is 0.533. The number of hydrogen-bond acceptors (Lipinski definition) is 2. The zero-order chi connectivity index (χ0) is 15.1. The molecule has 2 unspecified atom stereocenters. The van der Waals surface area contributed by atoms with E-state index in [-0.39, 0.29) is 23.5 Å². The minimum atomic E-state index is -0.258. The van der Waals surface area contributed by atoms with Crippen LogP contribution in [0.5, 0.6) is 0 Å². The molecule has 2 N–H and O–H groups in total. The third-order valence-corrected chi connectivity index (χ3v) is 4.87. The van der Waals surface area contributed by atoms with Crippen LogP contribution >= 0.6 is 27.5 Å². The molecule has 20 heavy (non-hydrogen) atoms. The molecule has 1 aliphatic heterocycles. The molecule has 0 aromatic heterocycles. The summed E-state index contributed by atoms with van der Waals surface area (Å²) in [6.45, 7) is 6.13. The Kier molecular flexibility index (Phi) is 4.47. The first-order valence-corrected chi connectivity index (χ1v) is 7.91.